The summed E-state index contributed by atoms with van der Waals surface area (Å²) in [5, 5.41) is 1.97. The lowest BCUT2D eigenvalue weighted by Gasteiger charge is -2.08. The van der Waals surface area contributed by atoms with Crippen molar-refractivity contribution in [3.05, 3.63) is 58.9 Å². The Morgan fingerprint density at radius 1 is 1.08 bits per heavy atom. The van der Waals surface area contributed by atoms with Gasteiger partial charge in [-0.2, -0.15) is 13.2 Å². The molecule has 2 aromatic carbocycles. The van der Waals surface area contributed by atoms with Crippen LogP contribution >= 0.6 is 11.3 Å². The van der Waals surface area contributed by atoms with Gasteiger partial charge in [0.15, 0.2) is 22.6 Å². The van der Waals surface area contributed by atoms with E-state index >= 15 is 0 Å². The van der Waals surface area contributed by atoms with Crippen LogP contribution in [0.5, 0.6) is 0 Å². The lowest BCUT2D eigenvalue weighted by Crippen LogP contribution is -2.13. The number of nitrogens with one attached hydrogen (secondary N) is 1. The largest absolute Gasteiger partial charge is 0.416 e. The third kappa shape index (κ3) is 3.29. The number of fused-ring (bicyclic) bond motifs is 1. The van der Waals surface area contributed by atoms with Gasteiger partial charge in [-0.3, -0.25) is 10.1 Å². The Morgan fingerprint density at radius 3 is 2.48 bits per heavy atom. The van der Waals surface area contributed by atoms with Crippen molar-refractivity contribution >= 4 is 32.6 Å². The molecule has 0 aliphatic rings. The molecular weight excluding hydrogens is 370 g/mol. The van der Waals surface area contributed by atoms with Crippen LogP contribution in [0.15, 0.2) is 30.3 Å². The van der Waals surface area contributed by atoms with Gasteiger partial charge in [-0.15, -0.1) is 0 Å². The normalized spacial score (nSPS) is 11.8. The molecule has 0 fully saturated rings. The van der Waals surface area contributed by atoms with Gasteiger partial charge < -0.3 is 0 Å². The zero-order valence-corrected chi connectivity index (χ0v) is 12.7. The molecule has 130 valence electrons. The average molecular weight is 376 g/mol. The third-order valence-electron chi connectivity index (χ3n) is 3.19. The maximum absolute atomic E-state index is 13.6. The highest BCUT2D eigenvalue weighted by Crippen LogP contribution is 2.32. The van der Waals surface area contributed by atoms with Gasteiger partial charge in [0, 0.05) is 11.6 Å². The fourth-order valence-electron chi connectivity index (χ4n) is 2.03. The fourth-order valence-corrected chi connectivity index (χ4v) is 2.90. The second kappa shape index (κ2) is 6.03. The third-order valence-corrected chi connectivity index (χ3v) is 4.17. The van der Waals surface area contributed by atoms with Gasteiger partial charge in [-0.05, 0) is 18.2 Å². The molecule has 10 heteroatoms. The van der Waals surface area contributed by atoms with Crippen molar-refractivity contribution in [2.24, 2.45) is 0 Å². The molecule has 1 heterocycles. The summed E-state index contributed by atoms with van der Waals surface area (Å²) in [5.41, 5.74) is -1.53. The summed E-state index contributed by atoms with van der Waals surface area (Å²) in [6.07, 6.45) is -4.62. The van der Waals surface area contributed by atoms with E-state index < -0.39 is 35.1 Å². The molecule has 0 atom stereocenters. The lowest BCUT2D eigenvalue weighted by molar-refractivity contribution is -0.137. The van der Waals surface area contributed by atoms with Crippen molar-refractivity contribution in [2.45, 2.75) is 6.18 Å². The van der Waals surface area contributed by atoms with E-state index in [9.17, 15) is 31.1 Å². The number of thiazole rings is 1. The van der Waals surface area contributed by atoms with Crippen LogP contribution in [0.2, 0.25) is 0 Å². The second-order valence-corrected chi connectivity index (χ2v) is 5.89. The van der Waals surface area contributed by atoms with Crippen LogP contribution in [0.4, 0.5) is 31.5 Å². The number of benzene rings is 2. The Hall–Kier alpha value is -2.62. The molecule has 1 aromatic heterocycles. The van der Waals surface area contributed by atoms with E-state index in [2.05, 4.69) is 10.3 Å². The number of carbonyl (C=O) groups is 1. The average Bonchev–Trinajstić information content (AvgIpc) is 2.94. The number of anilines is 1. The van der Waals surface area contributed by atoms with Crippen molar-refractivity contribution < 1.29 is 31.1 Å². The number of amides is 1. The van der Waals surface area contributed by atoms with Crippen LogP contribution < -0.4 is 5.32 Å². The van der Waals surface area contributed by atoms with Gasteiger partial charge in [-0.25, -0.2) is 18.2 Å². The molecule has 1 N–H and O–H groups in total. The van der Waals surface area contributed by atoms with Crippen molar-refractivity contribution in [1.82, 2.24) is 4.98 Å². The van der Waals surface area contributed by atoms with E-state index in [1.54, 1.807) is 0 Å². The molecule has 3 rings (SSSR count). The highest BCUT2D eigenvalue weighted by molar-refractivity contribution is 7.22. The zero-order chi connectivity index (χ0) is 18.4. The number of halogens is 6. The number of carbonyl (C=O) groups excluding carboxylic acids is 1. The predicted molar refractivity (Wildman–Crippen MR) is 78.9 cm³/mol. The minimum atomic E-state index is -4.62. The van der Waals surface area contributed by atoms with Crippen LogP contribution in [0.25, 0.3) is 10.2 Å². The van der Waals surface area contributed by atoms with Crippen molar-refractivity contribution in [2.75, 3.05) is 5.32 Å². The molecule has 3 aromatic rings. The fraction of sp³-hybridized carbons (Fsp3) is 0.0667. The highest BCUT2D eigenvalue weighted by atomic mass is 32.1. The number of alkyl halides is 3. The standard InChI is InChI=1S/C15H6F6N2OS/c16-8-5-9-12(11(18)10(8)17)25-14(22-9)23-13(24)6-2-1-3-7(4-6)15(19,20)21/h1-5H,(H,22,23,24). The van der Waals surface area contributed by atoms with Crippen LogP contribution in [0.1, 0.15) is 15.9 Å². The molecule has 0 aliphatic carbocycles. The molecule has 0 saturated heterocycles. The molecule has 0 bridgehead atoms. The first-order valence-corrected chi connectivity index (χ1v) is 7.41. The monoisotopic (exact) mass is 376 g/mol. The first kappa shape index (κ1) is 17.2. The summed E-state index contributed by atoms with van der Waals surface area (Å²) in [7, 11) is 0. The van der Waals surface area contributed by atoms with Crippen LogP contribution in [0.3, 0.4) is 0 Å². The molecule has 0 unspecified atom stereocenters. The molecule has 0 aliphatic heterocycles. The molecule has 1 amide bonds. The molecular formula is C15H6F6N2OS. The van der Waals surface area contributed by atoms with Crippen molar-refractivity contribution in [1.29, 1.82) is 0 Å². The molecule has 0 spiro atoms. The molecule has 0 saturated carbocycles. The quantitative estimate of drug-likeness (QED) is 0.506. The van der Waals surface area contributed by atoms with Gasteiger partial charge in [0.05, 0.1) is 15.8 Å². The Bertz CT molecular complexity index is 982. The first-order chi connectivity index (χ1) is 11.7. The topological polar surface area (TPSA) is 42.0 Å². The van der Waals surface area contributed by atoms with E-state index in [-0.39, 0.29) is 20.9 Å². The smallest absolute Gasteiger partial charge is 0.298 e. The lowest BCUT2D eigenvalue weighted by atomic mass is 10.1. The van der Waals surface area contributed by atoms with Gasteiger partial charge in [0.2, 0.25) is 0 Å². The second-order valence-electron chi connectivity index (χ2n) is 4.89. The van der Waals surface area contributed by atoms with Crippen molar-refractivity contribution in [3.8, 4) is 0 Å². The first-order valence-electron chi connectivity index (χ1n) is 6.59. The molecule has 3 nitrogen and oxygen atoms in total. The Kier molecular flexibility index (Phi) is 4.15. The summed E-state index contributed by atoms with van der Waals surface area (Å²) in [6, 6.07) is 4.31. The number of nitrogens with zero attached hydrogens (tertiary/aromatic N) is 1. The number of aromatic nitrogens is 1. The maximum Gasteiger partial charge on any atom is 0.416 e. The van der Waals surface area contributed by atoms with E-state index in [1.165, 1.54) is 0 Å². The summed E-state index contributed by atoms with van der Waals surface area (Å²) < 4.78 is 77.6. The van der Waals surface area contributed by atoms with E-state index in [0.29, 0.717) is 23.5 Å². The Labute approximate surface area is 139 Å². The Balaban J connectivity index is 1.91. The van der Waals surface area contributed by atoms with E-state index in [4.69, 9.17) is 0 Å². The van der Waals surface area contributed by atoms with Crippen LogP contribution in [-0.2, 0) is 6.18 Å². The summed E-state index contributed by atoms with van der Waals surface area (Å²) in [5.74, 6) is -5.49. The minimum Gasteiger partial charge on any atom is -0.298 e. The van der Waals surface area contributed by atoms with E-state index in [0.717, 1.165) is 18.2 Å². The SMILES string of the molecule is O=C(Nc1nc2cc(F)c(F)c(F)c2s1)c1cccc(C(F)(F)F)c1. The number of rotatable bonds is 2. The molecule has 0 radical (unpaired) electrons. The van der Waals surface area contributed by atoms with Crippen LogP contribution in [-0.4, -0.2) is 10.9 Å². The summed E-state index contributed by atoms with van der Waals surface area (Å²) in [6.45, 7) is 0. The number of hydrogen-bond donors (Lipinski definition) is 1. The van der Waals surface area contributed by atoms with Gasteiger partial charge in [0.1, 0.15) is 0 Å². The Morgan fingerprint density at radius 2 is 1.80 bits per heavy atom. The maximum atomic E-state index is 13.6. The van der Waals surface area contributed by atoms with Crippen molar-refractivity contribution in [3.63, 3.8) is 0 Å². The van der Waals surface area contributed by atoms with Gasteiger partial charge in [-0.1, -0.05) is 17.4 Å². The van der Waals surface area contributed by atoms with Gasteiger partial charge in [0.25, 0.3) is 5.91 Å². The minimum absolute atomic E-state index is 0.207. The van der Waals surface area contributed by atoms with Crippen LogP contribution in [0, 0.1) is 17.5 Å². The summed E-state index contributed by atoms with van der Waals surface area (Å²) >= 11 is 0.533. The number of hydrogen-bond acceptors (Lipinski definition) is 3. The predicted octanol–water partition coefficient (Wildman–Crippen LogP) is 4.98. The van der Waals surface area contributed by atoms with E-state index in [1.807, 2.05) is 0 Å². The van der Waals surface area contributed by atoms with Gasteiger partial charge >= 0.3 is 6.18 Å². The zero-order valence-electron chi connectivity index (χ0n) is 11.9. The molecule has 25 heavy (non-hydrogen) atoms. The summed E-state index contributed by atoms with van der Waals surface area (Å²) in [4.78, 5) is 15.8. The highest BCUT2D eigenvalue weighted by Gasteiger charge is 2.31.